The van der Waals surface area contributed by atoms with Gasteiger partial charge in [-0.25, -0.2) is 4.98 Å². The van der Waals surface area contributed by atoms with Gasteiger partial charge in [0.1, 0.15) is 16.9 Å². The number of piperazine rings is 1. The molecule has 1 fully saturated rings. The molecule has 0 bridgehead atoms. The number of hydrogen-bond acceptors (Lipinski definition) is 7. The molecular formula is C26H26F3N9O. The van der Waals surface area contributed by atoms with Gasteiger partial charge in [0.25, 0.3) is 5.56 Å². The first-order valence-electron chi connectivity index (χ1n) is 12.5. The number of imidazole rings is 1. The quantitative estimate of drug-likeness (QED) is 0.314. The predicted molar refractivity (Wildman–Crippen MR) is 143 cm³/mol. The van der Waals surface area contributed by atoms with Crippen LogP contribution < -0.4 is 15.8 Å². The Morgan fingerprint density at radius 2 is 1.85 bits per heavy atom. The third kappa shape index (κ3) is 4.69. The Kier molecular flexibility index (Phi) is 6.02. The molecule has 0 amide bonds. The summed E-state index contributed by atoms with van der Waals surface area (Å²) < 4.78 is 42.3. The van der Waals surface area contributed by atoms with Gasteiger partial charge in [0, 0.05) is 51.3 Å². The van der Waals surface area contributed by atoms with Crippen molar-refractivity contribution >= 4 is 33.4 Å². The van der Waals surface area contributed by atoms with Crippen molar-refractivity contribution in [3.05, 3.63) is 64.3 Å². The first kappa shape index (κ1) is 24.9. The van der Waals surface area contributed by atoms with Gasteiger partial charge in [-0.05, 0) is 37.4 Å². The molecule has 0 unspecified atom stereocenters. The minimum atomic E-state index is -4.57. The van der Waals surface area contributed by atoms with Gasteiger partial charge in [0.05, 0.1) is 40.0 Å². The number of pyridine rings is 2. The number of aromatic nitrogens is 6. The number of H-pyrrole nitrogens is 2. The van der Waals surface area contributed by atoms with Crippen LogP contribution in [0.3, 0.4) is 0 Å². The lowest BCUT2D eigenvalue weighted by Gasteiger charge is -2.34. The summed E-state index contributed by atoms with van der Waals surface area (Å²) in [6.45, 7) is 3.47. The number of alkyl halides is 3. The zero-order valence-electron chi connectivity index (χ0n) is 21.3. The molecule has 202 valence electrons. The summed E-state index contributed by atoms with van der Waals surface area (Å²) in [5, 5.41) is 7.47. The molecule has 1 saturated heterocycles. The minimum absolute atomic E-state index is 0.156. The lowest BCUT2D eigenvalue weighted by Crippen LogP contribution is -2.44. The Morgan fingerprint density at radius 1 is 1.05 bits per heavy atom. The normalized spacial score (nSPS) is 14.9. The molecule has 0 spiro atoms. The van der Waals surface area contributed by atoms with E-state index in [0.29, 0.717) is 16.6 Å². The molecule has 5 heterocycles. The lowest BCUT2D eigenvalue weighted by molar-refractivity contribution is -0.138. The maximum atomic E-state index is 13.6. The summed E-state index contributed by atoms with van der Waals surface area (Å²) in [4.78, 5) is 32.6. The van der Waals surface area contributed by atoms with Gasteiger partial charge in [-0.2, -0.15) is 18.3 Å². The molecule has 3 N–H and O–H groups in total. The highest BCUT2D eigenvalue weighted by Gasteiger charge is 2.34. The average Bonchev–Trinajstić information content (AvgIpc) is 3.48. The number of fused-ring (bicyclic) bond motifs is 2. The number of halogens is 3. The van der Waals surface area contributed by atoms with Crippen molar-refractivity contribution in [1.82, 2.24) is 34.6 Å². The third-order valence-corrected chi connectivity index (χ3v) is 6.99. The van der Waals surface area contributed by atoms with Crippen LogP contribution in [0.2, 0.25) is 0 Å². The zero-order chi connectivity index (χ0) is 27.3. The number of likely N-dealkylation sites (N-methyl/N-ethyl adjacent to an activating group) is 1. The monoisotopic (exact) mass is 537 g/mol. The second-order valence-electron chi connectivity index (χ2n) is 9.70. The Bertz CT molecular complexity index is 1730. The van der Waals surface area contributed by atoms with Crippen LogP contribution in [-0.4, -0.2) is 67.8 Å². The van der Waals surface area contributed by atoms with E-state index >= 15 is 0 Å². The Labute approximate surface area is 220 Å². The molecule has 1 aliphatic rings. The first-order chi connectivity index (χ1) is 18.7. The zero-order valence-corrected chi connectivity index (χ0v) is 21.3. The van der Waals surface area contributed by atoms with Crippen LogP contribution in [0.4, 0.5) is 24.5 Å². The Morgan fingerprint density at radius 3 is 2.62 bits per heavy atom. The van der Waals surface area contributed by atoms with Gasteiger partial charge >= 0.3 is 6.18 Å². The van der Waals surface area contributed by atoms with Gasteiger partial charge in [0.2, 0.25) is 0 Å². The van der Waals surface area contributed by atoms with E-state index in [1.54, 1.807) is 13.2 Å². The number of aromatic amines is 2. The number of rotatable bonds is 5. The first-order valence-corrected chi connectivity index (χ1v) is 12.5. The highest BCUT2D eigenvalue weighted by Crippen LogP contribution is 2.34. The molecule has 5 aromatic rings. The molecule has 13 heteroatoms. The number of anilines is 2. The van der Waals surface area contributed by atoms with E-state index in [-0.39, 0.29) is 29.3 Å². The van der Waals surface area contributed by atoms with Crippen molar-refractivity contribution in [3.8, 4) is 11.4 Å². The number of aryl methyl sites for hydroxylation is 1. The van der Waals surface area contributed by atoms with Crippen LogP contribution in [0.5, 0.6) is 0 Å². The number of hydrogen-bond donors (Lipinski definition) is 3. The second kappa shape index (κ2) is 9.42. The standard InChI is InChI=1S/C26H26F3N9O/c1-36-8-10-38(11-9-36)15-5-6-17-18(12-15)33-24(32-17)21-23(22-20(34-25(21)39)14-37(2)35-22)31-13-19-16(26(27,28)29)4-3-7-30-19/h3-7,12,14,31H,8-11,13H2,1-2H3,(H,32,33)(H,34,39). The lowest BCUT2D eigenvalue weighted by atomic mass is 10.1. The van der Waals surface area contributed by atoms with E-state index < -0.39 is 17.3 Å². The van der Waals surface area contributed by atoms with Gasteiger partial charge in [0.15, 0.2) is 0 Å². The summed E-state index contributed by atoms with van der Waals surface area (Å²) in [6.07, 6.45) is -1.63. The van der Waals surface area contributed by atoms with Crippen LogP contribution in [-0.2, 0) is 19.8 Å². The maximum absolute atomic E-state index is 13.6. The van der Waals surface area contributed by atoms with Gasteiger partial charge < -0.3 is 25.1 Å². The predicted octanol–water partition coefficient (Wildman–Crippen LogP) is 3.58. The van der Waals surface area contributed by atoms with E-state index in [1.807, 2.05) is 18.2 Å². The maximum Gasteiger partial charge on any atom is 0.418 e. The van der Waals surface area contributed by atoms with Gasteiger partial charge in [-0.3, -0.25) is 14.5 Å². The van der Waals surface area contributed by atoms with Crippen molar-refractivity contribution in [2.45, 2.75) is 12.7 Å². The van der Waals surface area contributed by atoms with Crippen LogP contribution in [0.1, 0.15) is 11.3 Å². The fourth-order valence-corrected chi connectivity index (χ4v) is 4.97. The fourth-order valence-electron chi connectivity index (χ4n) is 4.97. The smallest absolute Gasteiger partial charge is 0.377 e. The summed E-state index contributed by atoms with van der Waals surface area (Å²) >= 11 is 0. The highest BCUT2D eigenvalue weighted by atomic mass is 19.4. The van der Waals surface area contributed by atoms with Crippen molar-refractivity contribution < 1.29 is 13.2 Å². The molecule has 0 aliphatic carbocycles. The molecule has 1 aromatic carbocycles. The fraction of sp³-hybridized carbons (Fsp3) is 0.308. The van der Waals surface area contributed by atoms with E-state index in [2.05, 4.69) is 47.2 Å². The summed E-state index contributed by atoms with van der Waals surface area (Å²) in [5.41, 5.74) is 2.24. The molecule has 10 nitrogen and oxygen atoms in total. The molecule has 4 aromatic heterocycles. The number of benzene rings is 1. The third-order valence-electron chi connectivity index (χ3n) is 6.99. The van der Waals surface area contributed by atoms with Crippen LogP contribution in [0.15, 0.2) is 47.5 Å². The van der Waals surface area contributed by atoms with E-state index in [9.17, 15) is 18.0 Å². The molecular weight excluding hydrogens is 511 g/mol. The molecule has 0 saturated carbocycles. The Hall–Kier alpha value is -4.39. The molecule has 1 aliphatic heterocycles. The molecule has 0 radical (unpaired) electrons. The van der Waals surface area contributed by atoms with E-state index in [1.165, 1.54) is 16.9 Å². The van der Waals surface area contributed by atoms with Crippen molar-refractivity contribution in [1.29, 1.82) is 0 Å². The summed E-state index contributed by atoms with van der Waals surface area (Å²) in [5.74, 6) is 0.286. The van der Waals surface area contributed by atoms with Crippen LogP contribution in [0.25, 0.3) is 33.5 Å². The number of nitrogens with zero attached hydrogens (tertiary/aromatic N) is 6. The van der Waals surface area contributed by atoms with Crippen LogP contribution in [0, 0.1) is 0 Å². The second-order valence-corrected chi connectivity index (χ2v) is 9.70. The van der Waals surface area contributed by atoms with Crippen molar-refractivity contribution in [3.63, 3.8) is 0 Å². The van der Waals surface area contributed by atoms with Crippen molar-refractivity contribution in [2.24, 2.45) is 7.05 Å². The highest BCUT2D eigenvalue weighted by molar-refractivity contribution is 5.96. The van der Waals surface area contributed by atoms with E-state index in [0.717, 1.165) is 43.4 Å². The topological polar surface area (TPSA) is 111 Å². The largest absolute Gasteiger partial charge is 0.418 e. The summed E-state index contributed by atoms with van der Waals surface area (Å²) in [7, 11) is 3.80. The van der Waals surface area contributed by atoms with E-state index in [4.69, 9.17) is 0 Å². The molecule has 6 rings (SSSR count). The van der Waals surface area contributed by atoms with Gasteiger partial charge in [-0.15, -0.1) is 0 Å². The minimum Gasteiger partial charge on any atom is -0.377 e. The SMILES string of the molecule is CN1CCN(c2ccc3nc(-c4c(NCc5ncccc5C(F)(F)F)c5nn(C)cc5[nH]c4=O)[nH]c3c2)CC1. The Balaban J connectivity index is 1.42. The molecule has 0 atom stereocenters. The number of nitrogens with one attached hydrogen (secondary N) is 3. The van der Waals surface area contributed by atoms with Gasteiger partial charge in [-0.1, -0.05) is 0 Å². The molecule has 39 heavy (non-hydrogen) atoms. The van der Waals surface area contributed by atoms with Crippen molar-refractivity contribution in [2.75, 3.05) is 43.4 Å². The summed E-state index contributed by atoms with van der Waals surface area (Å²) in [6, 6.07) is 8.13. The average molecular weight is 538 g/mol. The van der Waals surface area contributed by atoms with Crippen LogP contribution >= 0.6 is 0 Å².